The van der Waals surface area contributed by atoms with E-state index >= 15 is 0 Å². The molecule has 1 aromatic heterocycles. The zero-order valence-corrected chi connectivity index (χ0v) is 19.2. The topological polar surface area (TPSA) is 76.1 Å². The van der Waals surface area contributed by atoms with Crippen molar-refractivity contribution in [1.82, 2.24) is 10.2 Å². The summed E-state index contributed by atoms with van der Waals surface area (Å²) in [6.07, 6.45) is 0. The van der Waals surface area contributed by atoms with Crippen LogP contribution in [0.15, 0.2) is 83.2 Å². The van der Waals surface area contributed by atoms with Crippen LogP contribution in [0.1, 0.15) is 6.92 Å². The minimum Gasteiger partial charge on any atom is -0.495 e. The molecule has 4 aromatic rings. The lowest BCUT2D eigenvalue weighted by Crippen LogP contribution is -2.22. The third-order valence-corrected chi connectivity index (χ3v) is 6.69. The van der Waals surface area contributed by atoms with Gasteiger partial charge >= 0.3 is 0 Å². The number of nitrogens with one attached hydrogen (secondary N) is 2. The number of aromatic nitrogens is 2. The largest absolute Gasteiger partial charge is 0.495 e. The second kappa shape index (κ2) is 10.3. The molecule has 162 valence electrons. The van der Waals surface area contributed by atoms with E-state index in [4.69, 9.17) is 4.74 Å². The molecule has 1 heterocycles. The molecule has 0 aliphatic carbocycles. The van der Waals surface area contributed by atoms with Gasteiger partial charge in [0, 0.05) is 11.3 Å². The quantitative estimate of drug-likeness (QED) is 0.309. The highest BCUT2D eigenvalue weighted by molar-refractivity contribution is 8.02. The van der Waals surface area contributed by atoms with Crippen molar-refractivity contribution in [3.63, 3.8) is 0 Å². The molecule has 8 heteroatoms. The van der Waals surface area contributed by atoms with Crippen molar-refractivity contribution in [2.24, 2.45) is 0 Å². The lowest BCUT2D eigenvalue weighted by atomic mass is 10.0. The molecule has 0 radical (unpaired) electrons. The number of hydrogen-bond acceptors (Lipinski definition) is 7. The summed E-state index contributed by atoms with van der Waals surface area (Å²) in [5, 5.41) is 15.0. The Labute approximate surface area is 195 Å². The van der Waals surface area contributed by atoms with Crippen LogP contribution in [0.3, 0.4) is 0 Å². The standard InChI is InChI=1S/C24H22N4O2S2/c1-16(22(29)25-19-13-7-6-12-18(19)17-10-4-3-5-11-17)31-24-28-27-23(32-24)26-20-14-8-9-15-21(20)30-2/h3-16H,1-2H3,(H,25,29)(H,26,27). The third-order valence-electron chi connectivity index (χ3n) is 4.67. The van der Waals surface area contributed by atoms with Gasteiger partial charge in [-0.1, -0.05) is 83.8 Å². The van der Waals surface area contributed by atoms with Gasteiger partial charge in [-0.2, -0.15) is 0 Å². The monoisotopic (exact) mass is 462 g/mol. The lowest BCUT2D eigenvalue weighted by molar-refractivity contribution is -0.115. The number of ether oxygens (including phenoxy) is 1. The molecule has 0 bridgehead atoms. The average Bonchev–Trinajstić information content (AvgIpc) is 3.27. The van der Waals surface area contributed by atoms with E-state index < -0.39 is 0 Å². The summed E-state index contributed by atoms with van der Waals surface area (Å²) in [5.74, 6) is 0.634. The third kappa shape index (κ3) is 5.27. The van der Waals surface area contributed by atoms with Crippen LogP contribution in [-0.4, -0.2) is 28.5 Å². The van der Waals surface area contributed by atoms with Crippen LogP contribution in [0.25, 0.3) is 11.1 Å². The molecular formula is C24H22N4O2S2. The zero-order chi connectivity index (χ0) is 22.3. The van der Waals surface area contributed by atoms with Gasteiger partial charge in [-0.05, 0) is 30.7 Å². The highest BCUT2D eigenvalue weighted by Gasteiger charge is 2.19. The molecule has 1 amide bonds. The van der Waals surface area contributed by atoms with Crippen molar-refractivity contribution < 1.29 is 9.53 Å². The number of nitrogens with zero attached hydrogens (tertiary/aromatic N) is 2. The van der Waals surface area contributed by atoms with Gasteiger partial charge in [0.05, 0.1) is 18.0 Å². The Morgan fingerprint density at radius 1 is 0.938 bits per heavy atom. The molecule has 0 saturated heterocycles. The van der Waals surface area contributed by atoms with Crippen LogP contribution in [0.4, 0.5) is 16.5 Å². The highest BCUT2D eigenvalue weighted by atomic mass is 32.2. The van der Waals surface area contributed by atoms with Gasteiger partial charge in [0.15, 0.2) is 4.34 Å². The minimum absolute atomic E-state index is 0.0900. The van der Waals surface area contributed by atoms with Crippen LogP contribution < -0.4 is 15.4 Å². The van der Waals surface area contributed by atoms with Crippen molar-refractivity contribution in [1.29, 1.82) is 0 Å². The number of carbonyl (C=O) groups is 1. The maximum atomic E-state index is 12.9. The normalized spacial score (nSPS) is 11.6. The van der Waals surface area contributed by atoms with Crippen LogP contribution in [-0.2, 0) is 4.79 Å². The second-order valence-corrected chi connectivity index (χ2v) is 9.42. The summed E-state index contributed by atoms with van der Waals surface area (Å²) in [4.78, 5) is 12.9. The number of amides is 1. The summed E-state index contributed by atoms with van der Waals surface area (Å²) in [6.45, 7) is 1.86. The van der Waals surface area contributed by atoms with Gasteiger partial charge in [-0.25, -0.2) is 0 Å². The molecule has 0 spiro atoms. The SMILES string of the molecule is COc1ccccc1Nc1nnc(SC(C)C(=O)Nc2ccccc2-c2ccccc2)s1. The summed E-state index contributed by atoms with van der Waals surface area (Å²) < 4.78 is 6.06. The summed E-state index contributed by atoms with van der Waals surface area (Å²) in [6, 6.07) is 25.4. The molecule has 1 unspecified atom stereocenters. The first-order chi connectivity index (χ1) is 15.6. The van der Waals surface area contributed by atoms with E-state index in [1.54, 1.807) is 7.11 Å². The number of anilines is 3. The molecule has 0 aliphatic rings. The van der Waals surface area contributed by atoms with E-state index in [1.165, 1.54) is 23.1 Å². The maximum Gasteiger partial charge on any atom is 0.237 e. The molecule has 3 aromatic carbocycles. The maximum absolute atomic E-state index is 12.9. The van der Waals surface area contributed by atoms with Gasteiger partial charge < -0.3 is 15.4 Å². The molecule has 32 heavy (non-hydrogen) atoms. The van der Waals surface area contributed by atoms with E-state index in [0.717, 1.165) is 28.3 Å². The first kappa shape index (κ1) is 21.9. The Hall–Kier alpha value is -3.36. The number of thioether (sulfide) groups is 1. The lowest BCUT2D eigenvalue weighted by Gasteiger charge is -2.14. The number of carbonyl (C=O) groups excluding carboxylic acids is 1. The fourth-order valence-corrected chi connectivity index (χ4v) is 4.98. The molecular weight excluding hydrogens is 440 g/mol. The summed E-state index contributed by atoms with van der Waals surface area (Å²) >= 11 is 2.77. The van der Waals surface area contributed by atoms with Crippen molar-refractivity contribution in [2.45, 2.75) is 16.5 Å². The Morgan fingerprint density at radius 3 is 2.41 bits per heavy atom. The molecule has 2 N–H and O–H groups in total. The predicted octanol–water partition coefficient (Wildman–Crippen LogP) is 6.08. The molecule has 1 atom stereocenters. The summed E-state index contributed by atoms with van der Waals surface area (Å²) in [5.41, 5.74) is 3.63. The highest BCUT2D eigenvalue weighted by Crippen LogP contribution is 2.34. The summed E-state index contributed by atoms with van der Waals surface area (Å²) in [7, 11) is 1.62. The van der Waals surface area contributed by atoms with Crippen LogP contribution in [0, 0.1) is 0 Å². The van der Waals surface area contributed by atoms with Gasteiger partial charge in [0.25, 0.3) is 0 Å². The first-order valence-electron chi connectivity index (χ1n) is 9.99. The smallest absolute Gasteiger partial charge is 0.237 e. The van der Waals surface area contributed by atoms with E-state index in [0.29, 0.717) is 9.47 Å². The van der Waals surface area contributed by atoms with E-state index in [-0.39, 0.29) is 11.2 Å². The number of rotatable bonds is 8. The van der Waals surface area contributed by atoms with E-state index in [2.05, 4.69) is 20.8 Å². The fourth-order valence-electron chi connectivity index (χ4n) is 3.07. The predicted molar refractivity (Wildman–Crippen MR) is 132 cm³/mol. The van der Waals surface area contributed by atoms with Gasteiger partial charge in [0.2, 0.25) is 11.0 Å². The number of benzene rings is 3. The van der Waals surface area contributed by atoms with E-state index in [9.17, 15) is 4.79 Å². The van der Waals surface area contributed by atoms with Crippen molar-refractivity contribution in [3.8, 4) is 16.9 Å². The molecule has 0 aliphatic heterocycles. The Morgan fingerprint density at radius 2 is 1.62 bits per heavy atom. The van der Waals surface area contributed by atoms with Crippen LogP contribution in [0.5, 0.6) is 5.75 Å². The van der Waals surface area contributed by atoms with Gasteiger partial charge in [-0.15, -0.1) is 10.2 Å². The number of methoxy groups -OCH3 is 1. The van der Waals surface area contributed by atoms with Crippen LogP contribution in [0.2, 0.25) is 0 Å². The fraction of sp³-hybridized carbons (Fsp3) is 0.125. The Bertz CT molecular complexity index is 1200. The van der Waals surface area contributed by atoms with Crippen molar-refractivity contribution in [3.05, 3.63) is 78.9 Å². The Balaban J connectivity index is 1.41. The average molecular weight is 463 g/mol. The first-order valence-corrected chi connectivity index (χ1v) is 11.7. The minimum atomic E-state index is -0.342. The van der Waals surface area contributed by atoms with Crippen molar-refractivity contribution >= 4 is 45.5 Å². The second-order valence-electron chi connectivity index (χ2n) is 6.86. The number of para-hydroxylation sites is 3. The molecule has 0 fully saturated rings. The number of hydrogen-bond donors (Lipinski definition) is 2. The zero-order valence-electron chi connectivity index (χ0n) is 17.6. The molecule has 4 rings (SSSR count). The molecule has 6 nitrogen and oxygen atoms in total. The van der Waals surface area contributed by atoms with Crippen LogP contribution >= 0.6 is 23.1 Å². The van der Waals surface area contributed by atoms with Crippen molar-refractivity contribution in [2.75, 3.05) is 17.7 Å². The Kier molecular flexibility index (Phi) is 7.03. The van der Waals surface area contributed by atoms with E-state index in [1.807, 2.05) is 85.8 Å². The van der Waals surface area contributed by atoms with Gasteiger partial charge in [0.1, 0.15) is 5.75 Å². The molecule has 0 saturated carbocycles. The van der Waals surface area contributed by atoms with Gasteiger partial charge in [-0.3, -0.25) is 4.79 Å².